The predicted octanol–water partition coefficient (Wildman–Crippen LogP) is -0.0437. The molecule has 1 unspecified atom stereocenters. The topological polar surface area (TPSA) is 59.9 Å². The van der Waals surface area contributed by atoms with Crippen LogP contribution in [-0.2, 0) is 14.3 Å². The number of ether oxygens (including phenoxy) is 2. The van der Waals surface area contributed by atoms with E-state index in [4.69, 9.17) is 4.74 Å². The zero-order chi connectivity index (χ0) is 10.7. The monoisotopic (exact) mass is 212 g/mol. The van der Waals surface area contributed by atoms with E-state index in [2.05, 4.69) is 15.0 Å². The van der Waals surface area contributed by atoms with Gasteiger partial charge in [0, 0.05) is 5.92 Å². The van der Waals surface area contributed by atoms with Gasteiger partial charge in [-0.25, -0.2) is 9.79 Å². The third-order valence-electron chi connectivity index (χ3n) is 2.83. The van der Waals surface area contributed by atoms with E-state index in [0.717, 1.165) is 31.8 Å². The van der Waals surface area contributed by atoms with Crippen molar-refractivity contribution in [2.24, 2.45) is 10.9 Å². The van der Waals surface area contributed by atoms with Crippen molar-refractivity contribution < 1.29 is 14.3 Å². The van der Waals surface area contributed by atoms with Gasteiger partial charge in [0.25, 0.3) is 0 Å². The van der Waals surface area contributed by atoms with Crippen LogP contribution in [0.2, 0.25) is 0 Å². The van der Waals surface area contributed by atoms with E-state index in [1.807, 2.05) is 0 Å². The fraction of sp³-hybridized carbons (Fsp3) is 0.800. The van der Waals surface area contributed by atoms with Crippen LogP contribution in [0.4, 0.5) is 0 Å². The molecule has 0 amide bonds. The molecule has 15 heavy (non-hydrogen) atoms. The van der Waals surface area contributed by atoms with Crippen LogP contribution >= 0.6 is 0 Å². The van der Waals surface area contributed by atoms with Crippen LogP contribution in [0.3, 0.4) is 0 Å². The Morgan fingerprint density at radius 3 is 2.93 bits per heavy atom. The minimum Gasteiger partial charge on any atom is -0.478 e. The molecule has 0 aromatic rings. The molecule has 5 heteroatoms. The highest BCUT2D eigenvalue weighted by Gasteiger charge is 2.31. The molecule has 0 radical (unpaired) electrons. The quantitative estimate of drug-likeness (QED) is 0.652. The van der Waals surface area contributed by atoms with Crippen LogP contribution in [0.1, 0.15) is 12.8 Å². The summed E-state index contributed by atoms with van der Waals surface area (Å²) in [4.78, 5) is 15.5. The third kappa shape index (κ3) is 2.28. The van der Waals surface area contributed by atoms with Crippen molar-refractivity contribution in [3.05, 3.63) is 0 Å². The van der Waals surface area contributed by atoms with E-state index in [1.165, 1.54) is 7.11 Å². The molecule has 1 atom stereocenters. The van der Waals surface area contributed by atoms with Crippen molar-refractivity contribution in [2.75, 3.05) is 26.8 Å². The van der Waals surface area contributed by atoms with Gasteiger partial charge in [-0.1, -0.05) is 0 Å². The number of nitrogens with zero attached hydrogens (tertiary/aromatic N) is 1. The van der Waals surface area contributed by atoms with Crippen molar-refractivity contribution in [1.29, 1.82) is 0 Å². The Labute approximate surface area is 88.8 Å². The summed E-state index contributed by atoms with van der Waals surface area (Å²) in [6.07, 6.45) is 2.07. The van der Waals surface area contributed by atoms with Crippen molar-refractivity contribution in [3.63, 3.8) is 0 Å². The van der Waals surface area contributed by atoms with Gasteiger partial charge in [0.2, 0.25) is 0 Å². The smallest absolute Gasteiger partial charge is 0.334 e. The molecule has 1 fully saturated rings. The number of carbonyl (C=O) groups excluding carboxylic acids is 1. The molecule has 2 aliphatic heterocycles. The highest BCUT2D eigenvalue weighted by Crippen LogP contribution is 2.19. The zero-order valence-corrected chi connectivity index (χ0v) is 8.86. The standard InChI is InChI=1S/C10H16N2O3/c1-14-10(13)8-6-15-9(12-8)7-2-4-11-5-3-7/h7-8,11H,2-6H2,1H3. The summed E-state index contributed by atoms with van der Waals surface area (Å²) in [6.45, 7) is 2.33. The molecule has 0 aromatic carbocycles. The minimum absolute atomic E-state index is 0.307. The lowest BCUT2D eigenvalue weighted by atomic mass is 9.98. The van der Waals surface area contributed by atoms with Crippen LogP contribution in [0, 0.1) is 5.92 Å². The lowest BCUT2D eigenvalue weighted by Gasteiger charge is -2.21. The lowest BCUT2D eigenvalue weighted by Crippen LogP contribution is -2.31. The van der Waals surface area contributed by atoms with Crippen LogP contribution < -0.4 is 5.32 Å². The molecule has 5 nitrogen and oxygen atoms in total. The summed E-state index contributed by atoms with van der Waals surface area (Å²) in [5.41, 5.74) is 0. The summed E-state index contributed by atoms with van der Waals surface area (Å²) in [7, 11) is 1.38. The van der Waals surface area contributed by atoms with E-state index < -0.39 is 6.04 Å². The summed E-state index contributed by atoms with van der Waals surface area (Å²) >= 11 is 0. The van der Waals surface area contributed by atoms with Gasteiger partial charge in [-0.15, -0.1) is 0 Å². The fourth-order valence-corrected chi connectivity index (χ4v) is 1.94. The molecule has 0 bridgehead atoms. The average molecular weight is 212 g/mol. The van der Waals surface area contributed by atoms with Crippen LogP contribution in [0.25, 0.3) is 0 Å². The molecule has 2 heterocycles. The molecule has 0 aliphatic carbocycles. The summed E-state index contributed by atoms with van der Waals surface area (Å²) in [5.74, 6) is 0.812. The molecule has 1 saturated heterocycles. The van der Waals surface area contributed by atoms with Gasteiger partial charge in [0.1, 0.15) is 6.61 Å². The van der Waals surface area contributed by atoms with Gasteiger partial charge < -0.3 is 14.8 Å². The van der Waals surface area contributed by atoms with Gasteiger partial charge in [-0.3, -0.25) is 0 Å². The normalized spacial score (nSPS) is 27.0. The predicted molar refractivity (Wildman–Crippen MR) is 54.8 cm³/mol. The first-order valence-corrected chi connectivity index (χ1v) is 5.30. The van der Waals surface area contributed by atoms with Crippen LogP contribution in [0.5, 0.6) is 0 Å². The van der Waals surface area contributed by atoms with E-state index in [0.29, 0.717) is 12.5 Å². The number of carbonyl (C=O) groups is 1. The molecule has 1 N–H and O–H groups in total. The van der Waals surface area contributed by atoms with Gasteiger partial charge in [-0.05, 0) is 25.9 Å². The first kappa shape index (κ1) is 10.4. The highest BCUT2D eigenvalue weighted by atomic mass is 16.5. The molecule has 0 spiro atoms. The van der Waals surface area contributed by atoms with Gasteiger partial charge in [-0.2, -0.15) is 0 Å². The Hall–Kier alpha value is -1.10. The summed E-state index contributed by atoms with van der Waals surface area (Å²) in [6, 6.07) is -0.445. The first-order chi connectivity index (χ1) is 7.31. The van der Waals surface area contributed by atoms with Gasteiger partial charge in [0.15, 0.2) is 11.9 Å². The number of hydrogen-bond donors (Lipinski definition) is 1. The number of rotatable bonds is 2. The molecule has 0 aromatic heterocycles. The van der Waals surface area contributed by atoms with Crippen molar-refractivity contribution >= 4 is 11.9 Å². The Balaban J connectivity index is 1.95. The molecule has 0 saturated carbocycles. The number of esters is 1. The first-order valence-electron chi connectivity index (χ1n) is 5.30. The van der Waals surface area contributed by atoms with E-state index >= 15 is 0 Å². The molecule has 84 valence electrons. The Bertz CT molecular complexity index is 272. The second-order valence-corrected chi connectivity index (χ2v) is 3.84. The molecular weight excluding hydrogens is 196 g/mol. The number of nitrogens with one attached hydrogen (secondary N) is 1. The Kier molecular flexibility index (Phi) is 3.20. The molecule has 2 aliphatic rings. The highest BCUT2D eigenvalue weighted by molar-refractivity contribution is 5.86. The molecule has 2 rings (SSSR count). The molecular formula is C10H16N2O3. The van der Waals surface area contributed by atoms with Crippen molar-refractivity contribution in [3.8, 4) is 0 Å². The lowest BCUT2D eigenvalue weighted by molar-refractivity contribution is -0.142. The number of aliphatic imine (C=N–C) groups is 1. The Morgan fingerprint density at radius 2 is 2.27 bits per heavy atom. The van der Waals surface area contributed by atoms with Gasteiger partial charge in [0.05, 0.1) is 7.11 Å². The second kappa shape index (κ2) is 4.61. The average Bonchev–Trinajstić information content (AvgIpc) is 2.78. The SMILES string of the molecule is COC(=O)C1COC(C2CCNCC2)=N1. The van der Waals surface area contributed by atoms with Gasteiger partial charge >= 0.3 is 5.97 Å². The van der Waals surface area contributed by atoms with E-state index in [9.17, 15) is 4.79 Å². The number of hydrogen-bond acceptors (Lipinski definition) is 5. The third-order valence-corrected chi connectivity index (χ3v) is 2.83. The van der Waals surface area contributed by atoms with Crippen molar-refractivity contribution in [1.82, 2.24) is 5.32 Å². The number of methoxy groups -OCH3 is 1. The largest absolute Gasteiger partial charge is 0.478 e. The van der Waals surface area contributed by atoms with Crippen LogP contribution in [-0.4, -0.2) is 44.7 Å². The summed E-state index contributed by atoms with van der Waals surface area (Å²) in [5, 5.41) is 3.28. The second-order valence-electron chi connectivity index (χ2n) is 3.84. The maximum Gasteiger partial charge on any atom is 0.334 e. The number of piperidine rings is 1. The van der Waals surface area contributed by atoms with E-state index in [-0.39, 0.29) is 5.97 Å². The maximum absolute atomic E-state index is 11.2. The van der Waals surface area contributed by atoms with Crippen LogP contribution in [0.15, 0.2) is 4.99 Å². The Morgan fingerprint density at radius 1 is 1.53 bits per heavy atom. The van der Waals surface area contributed by atoms with E-state index in [1.54, 1.807) is 0 Å². The van der Waals surface area contributed by atoms with Crippen molar-refractivity contribution in [2.45, 2.75) is 18.9 Å². The zero-order valence-electron chi connectivity index (χ0n) is 8.86. The summed E-state index contributed by atoms with van der Waals surface area (Å²) < 4.78 is 10.1. The fourth-order valence-electron chi connectivity index (χ4n) is 1.94. The maximum atomic E-state index is 11.2. The minimum atomic E-state index is -0.445.